The number of hydrogen-bond donors (Lipinski definition) is 1. The van der Waals surface area contributed by atoms with Crippen LogP contribution in [0.4, 0.5) is 4.79 Å². The number of carbonyl (C=O) groups is 3. The van der Waals surface area contributed by atoms with Gasteiger partial charge < -0.3 is 0 Å². The lowest BCUT2D eigenvalue weighted by Crippen LogP contribution is -2.17. The first-order chi connectivity index (χ1) is 8.06. The maximum Gasteiger partial charge on any atom is 0.290 e. The van der Waals surface area contributed by atoms with Crippen molar-refractivity contribution >= 4 is 34.8 Å². The van der Waals surface area contributed by atoms with E-state index >= 15 is 0 Å². The second-order valence-corrected chi connectivity index (χ2v) is 4.55. The third-order valence-electron chi connectivity index (χ3n) is 2.26. The van der Waals surface area contributed by atoms with Crippen molar-refractivity contribution in [3.05, 3.63) is 40.3 Å². The molecule has 1 heterocycles. The van der Waals surface area contributed by atoms with E-state index in [-0.39, 0.29) is 16.9 Å². The number of rotatable bonds is 2. The molecule has 1 saturated heterocycles. The lowest BCUT2D eigenvalue weighted by Gasteiger charge is -1.97. The van der Waals surface area contributed by atoms with Gasteiger partial charge in [-0.3, -0.25) is 19.7 Å². The van der Waals surface area contributed by atoms with Gasteiger partial charge in [-0.25, -0.2) is 0 Å². The van der Waals surface area contributed by atoms with E-state index in [4.69, 9.17) is 0 Å². The molecule has 0 atom stereocenters. The van der Waals surface area contributed by atoms with Crippen molar-refractivity contribution < 1.29 is 14.4 Å². The first-order valence-corrected chi connectivity index (χ1v) is 5.74. The number of thioether (sulfide) groups is 1. The van der Waals surface area contributed by atoms with Crippen LogP contribution in [0.3, 0.4) is 0 Å². The van der Waals surface area contributed by atoms with Crippen LogP contribution in [0.2, 0.25) is 0 Å². The standard InChI is InChI=1S/C12H9NO3S/c1-7(14)9-4-2-8(3-5-9)6-10-11(15)13-12(16)17-10/h2-6H,1H3,(H,13,15,16). The summed E-state index contributed by atoms with van der Waals surface area (Å²) in [5.74, 6) is -0.386. The van der Waals surface area contributed by atoms with Crippen LogP contribution in [-0.4, -0.2) is 16.9 Å². The second kappa shape index (κ2) is 4.55. The minimum absolute atomic E-state index is 0.00707. The number of imide groups is 1. The van der Waals surface area contributed by atoms with Gasteiger partial charge in [-0.05, 0) is 30.3 Å². The van der Waals surface area contributed by atoms with Crippen molar-refractivity contribution in [1.82, 2.24) is 5.32 Å². The Bertz CT molecular complexity index is 531. The fourth-order valence-electron chi connectivity index (χ4n) is 1.39. The molecule has 0 aromatic heterocycles. The van der Waals surface area contributed by atoms with Crippen molar-refractivity contribution in [2.45, 2.75) is 6.92 Å². The van der Waals surface area contributed by atoms with E-state index < -0.39 is 0 Å². The molecule has 0 saturated carbocycles. The molecule has 0 radical (unpaired) electrons. The Hall–Kier alpha value is -1.88. The Morgan fingerprint density at radius 2 is 1.88 bits per heavy atom. The van der Waals surface area contributed by atoms with Crippen molar-refractivity contribution in [2.24, 2.45) is 0 Å². The van der Waals surface area contributed by atoms with E-state index in [9.17, 15) is 14.4 Å². The number of nitrogens with one attached hydrogen (secondary N) is 1. The first kappa shape index (κ1) is 11.6. The van der Waals surface area contributed by atoms with Crippen molar-refractivity contribution in [3.8, 4) is 0 Å². The average molecular weight is 247 g/mol. The number of ketones is 1. The highest BCUT2D eigenvalue weighted by molar-refractivity contribution is 8.18. The molecule has 2 rings (SSSR count). The SMILES string of the molecule is CC(=O)c1ccc(C=C2SC(=O)NC2=O)cc1. The van der Waals surface area contributed by atoms with Gasteiger partial charge in [-0.15, -0.1) is 0 Å². The minimum atomic E-state index is -0.379. The molecule has 1 fully saturated rings. The lowest BCUT2D eigenvalue weighted by atomic mass is 10.1. The van der Waals surface area contributed by atoms with Crippen molar-refractivity contribution in [3.63, 3.8) is 0 Å². The Morgan fingerprint density at radius 1 is 1.24 bits per heavy atom. The van der Waals surface area contributed by atoms with Crippen LogP contribution < -0.4 is 5.32 Å². The van der Waals surface area contributed by atoms with Crippen molar-refractivity contribution in [2.75, 3.05) is 0 Å². The zero-order chi connectivity index (χ0) is 12.4. The Labute approximate surface area is 102 Å². The summed E-state index contributed by atoms with van der Waals surface area (Å²) in [7, 11) is 0. The van der Waals surface area contributed by atoms with Crippen LogP contribution in [0.1, 0.15) is 22.8 Å². The van der Waals surface area contributed by atoms with E-state index in [2.05, 4.69) is 5.32 Å². The van der Waals surface area contributed by atoms with Gasteiger partial charge >= 0.3 is 0 Å². The Morgan fingerprint density at radius 3 is 2.35 bits per heavy atom. The third kappa shape index (κ3) is 2.62. The molecule has 1 aliphatic rings. The molecule has 2 amide bonds. The van der Waals surface area contributed by atoms with E-state index in [1.807, 2.05) is 0 Å². The van der Waals surface area contributed by atoms with Gasteiger partial charge in [0.25, 0.3) is 11.1 Å². The topological polar surface area (TPSA) is 63.2 Å². The van der Waals surface area contributed by atoms with Gasteiger partial charge in [0.2, 0.25) is 0 Å². The normalized spacial score (nSPS) is 17.4. The quantitative estimate of drug-likeness (QED) is 0.643. The van der Waals surface area contributed by atoms with Crippen LogP contribution >= 0.6 is 11.8 Å². The van der Waals surface area contributed by atoms with Crippen LogP contribution in [0.15, 0.2) is 29.2 Å². The number of carbonyl (C=O) groups excluding carboxylic acids is 3. The molecule has 4 nitrogen and oxygen atoms in total. The molecule has 1 N–H and O–H groups in total. The summed E-state index contributed by atoms with van der Waals surface area (Å²) in [5.41, 5.74) is 1.40. The first-order valence-electron chi connectivity index (χ1n) is 4.92. The summed E-state index contributed by atoms with van der Waals surface area (Å²) in [6, 6.07) is 6.85. The van der Waals surface area contributed by atoms with Crippen molar-refractivity contribution in [1.29, 1.82) is 0 Å². The highest BCUT2D eigenvalue weighted by atomic mass is 32.2. The molecule has 86 valence electrons. The molecular formula is C12H9NO3S. The van der Waals surface area contributed by atoms with E-state index in [0.717, 1.165) is 17.3 Å². The molecule has 17 heavy (non-hydrogen) atoms. The zero-order valence-electron chi connectivity index (χ0n) is 9.02. The highest BCUT2D eigenvalue weighted by Gasteiger charge is 2.24. The van der Waals surface area contributed by atoms with Gasteiger partial charge in [0.1, 0.15) is 0 Å². The summed E-state index contributed by atoms with van der Waals surface area (Å²) in [5, 5.41) is 1.82. The fraction of sp³-hybridized carbons (Fsp3) is 0.0833. The molecular weight excluding hydrogens is 238 g/mol. The maximum absolute atomic E-state index is 11.3. The minimum Gasteiger partial charge on any atom is -0.295 e. The highest BCUT2D eigenvalue weighted by Crippen LogP contribution is 2.25. The Kier molecular flexibility index (Phi) is 3.10. The molecule has 5 heteroatoms. The van der Waals surface area contributed by atoms with Crippen LogP contribution in [0.5, 0.6) is 0 Å². The molecule has 1 aromatic carbocycles. The second-order valence-electron chi connectivity index (χ2n) is 3.53. The van der Waals surface area contributed by atoms with Gasteiger partial charge in [0.15, 0.2) is 5.78 Å². The predicted molar refractivity (Wildman–Crippen MR) is 65.6 cm³/mol. The molecule has 0 aliphatic carbocycles. The zero-order valence-corrected chi connectivity index (χ0v) is 9.84. The smallest absolute Gasteiger partial charge is 0.290 e. The average Bonchev–Trinajstić information content (AvgIpc) is 2.58. The fourth-order valence-corrected chi connectivity index (χ4v) is 2.07. The van der Waals surface area contributed by atoms with E-state index in [1.165, 1.54) is 6.92 Å². The monoisotopic (exact) mass is 247 g/mol. The number of benzene rings is 1. The number of hydrogen-bond acceptors (Lipinski definition) is 4. The van der Waals surface area contributed by atoms with E-state index in [1.54, 1.807) is 30.3 Å². The number of Topliss-reactive ketones (excluding diaryl/α,β-unsaturated/α-hetero) is 1. The third-order valence-corrected chi connectivity index (χ3v) is 3.07. The molecule has 0 unspecified atom stereocenters. The van der Waals surface area contributed by atoms with Gasteiger partial charge in [0, 0.05) is 5.56 Å². The van der Waals surface area contributed by atoms with Gasteiger partial charge in [-0.1, -0.05) is 24.3 Å². The summed E-state index contributed by atoms with van der Waals surface area (Å²) >= 11 is 0.874. The van der Waals surface area contributed by atoms with E-state index in [0.29, 0.717) is 10.5 Å². The summed E-state index contributed by atoms with van der Waals surface area (Å²) in [4.78, 5) is 33.7. The summed E-state index contributed by atoms with van der Waals surface area (Å²) in [6.07, 6.45) is 1.62. The van der Waals surface area contributed by atoms with Crippen LogP contribution in [-0.2, 0) is 4.79 Å². The number of amides is 2. The van der Waals surface area contributed by atoms with Gasteiger partial charge in [0.05, 0.1) is 4.91 Å². The molecule has 0 bridgehead atoms. The largest absolute Gasteiger partial charge is 0.295 e. The summed E-state index contributed by atoms with van der Waals surface area (Å²) in [6.45, 7) is 1.49. The molecule has 1 aliphatic heterocycles. The Balaban J connectivity index is 2.24. The molecule has 0 spiro atoms. The van der Waals surface area contributed by atoms with Gasteiger partial charge in [-0.2, -0.15) is 0 Å². The maximum atomic E-state index is 11.3. The summed E-state index contributed by atoms with van der Waals surface area (Å²) < 4.78 is 0. The molecule has 1 aromatic rings. The van der Waals surface area contributed by atoms with Crippen LogP contribution in [0, 0.1) is 0 Å². The van der Waals surface area contributed by atoms with Crippen LogP contribution in [0.25, 0.3) is 6.08 Å². The lowest BCUT2D eigenvalue weighted by molar-refractivity contribution is -0.115. The predicted octanol–water partition coefficient (Wildman–Crippen LogP) is 2.21.